The molecule has 2 rings (SSSR count). The first-order chi connectivity index (χ1) is 9.79. The van der Waals surface area contributed by atoms with E-state index in [1.807, 2.05) is 12.3 Å². The number of aromatic nitrogens is 2. The molecule has 0 spiro atoms. The van der Waals surface area contributed by atoms with Crippen LogP contribution in [-0.2, 0) is 9.47 Å². The van der Waals surface area contributed by atoms with Crippen molar-refractivity contribution >= 4 is 30.7 Å². The van der Waals surface area contributed by atoms with Gasteiger partial charge < -0.3 is 9.47 Å². The zero-order chi connectivity index (χ0) is 15.8. The number of pyridine rings is 1. The molecule has 0 radical (unpaired) electrons. The van der Waals surface area contributed by atoms with E-state index < -0.39 is 20.0 Å². The lowest BCUT2D eigenvalue weighted by Crippen LogP contribution is -2.38. The van der Waals surface area contributed by atoms with E-state index >= 15 is 0 Å². The van der Waals surface area contributed by atoms with Crippen molar-refractivity contribution in [3.8, 4) is 0 Å². The molecule has 0 unspecified atom stereocenters. The van der Waals surface area contributed by atoms with Gasteiger partial charge in [0.05, 0.1) is 27.8 Å². The number of methoxy groups -OCH3 is 2. The van der Waals surface area contributed by atoms with Gasteiger partial charge in [-0.25, -0.2) is 14.1 Å². The molecule has 0 aliphatic heterocycles. The Balaban J connectivity index is 2.73. The summed E-state index contributed by atoms with van der Waals surface area (Å²) in [5, 5.41) is 5.36. The molecule has 0 aromatic carbocycles. The van der Waals surface area contributed by atoms with Gasteiger partial charge in [-0.3, -0.25) is 0 Å². The van der Waals surface area contributed by atoms with Crippen molar-refractivity contribution in [2.45, 2.75) is 19.6 Å². The van der Waals surface area contributed by atoms with E-state index in [1.165, 1.54) is 19.4 Å². The second kappa shape index (κ2) is 5.32. The topological polar surface area (TPSA) is 69.9 Å². The minimum atomic E-state index is -1.52. The minimum Gasteiger partial charge on any atom is -0.465 e. The van der Waals surface area contributed by atoms with E-state index in [0.29, 0.717) is 5.52 Å². The predicted molar refractivity (Wildman–Crippen MR) is 80.9 cm³/mol. The average molecular weight is 306 g/mol. The van der Waals surface area contributed by atoms with Gasteiger partial charge in [-0.2, -0.15) is 5.10 Å². The number of rotatable bonds is 3. The molecule has 0 atom stereocenters. The largest absolute Gasteiger partial charge is 0.465 e. The summed E-state index contributed by atoms with van der Waals surface area (Å²) in [6.45, 7) is 6.63. The number of carbonyl (C=O) groups is 2. The fourth-order valence-electron chi connectivity index (χ4n) is 2.04. The lowest BCUT2D eigenvalue weighted by atomic mass is 10.2. The van der Waals surface area contributed by atoms with Gasteiger partial charge in [0.1, 0.15) is 5.56 Å². The normalized spacial score (nSPS) is 11.5. The molecular formula is C14H18N2O4Si. The summed E-state index contributed by atoms with van der Waals surface area (Å²) in [4.78, 5) is 23.7. The fraction of sp³-hybridized carbons (Fsp3) is 0.357. The van der Waals surface area contributed by atoms with Crippen molar-refractivity contribution in [2.24, 2.45) is 0 Å². The van der Waals surface area contributed by atoms with Crippen LogP contribution >= 0.6 is 0 Å². The Morgan fingerprint density at radius 3 is 2.24 bits per heavy atom. The highest BCUT2D eigenvalue weighted by atomic mass is 28.3. The number of ether oxygens (including phenoxy) is 2. The van der Waals surface area contributed by atoms with Crippen molar-refractivity contribution in [1.29, 1.82) is 0 Å². The number of carbonyl (C=O) groups excluding carboxylic acids is 2. The van der Waals surface area contributed by atoms with Crippen molar-refractivity contribution < 1.29 is 19.1 Å². The molecule has 6 nitrogen and oxygen atoms in total. The Hall–Kier alpha value is -2.15. The maximum atomic E-state index is 11.9. The third kappa shape index (κ3) is 2.69. The van der Waals surface area contributed by atoms with Crippen LogP contribution in [0.1, 0.15) is 20.8 Å². The Kier molecular flexibility index (Phi) is 3.86. The zero-order valence-electron chi connectivity index (χ0n) is 12.8. The quantitative estimate of drug-likeness (QED) is 0.634. The maximum absolute atomic E-state index is 11.9. The van der Waals surface area contributed by atoms with Crippen LogP contribution in [0.5, 0.6) is 0 Å². The van der Waals surface area contributed by atoms with E-state index in [2.05, 4.69) is 29.5 Å². The second-order valence-corrected chi connectivity index (χ2v) is 10.8. The van der Waals surface area contributed by atoms with E-state index in [4.69, 9.17) is 4.74 Å². The molecule has 0 bridgehead atoms. The van der Waals surface area contributed by atoms with Crippen LogP contribution in [0.25, 0.3) is 5.52 Å². The van der Waals surface area contributed by atoms with Crippen molar-refractivity contribution in [1.82, 2.24) is 9.61 Å². The molecule has 0 aliphatic carbocycles. The van der Waals surface area contributed by atoms with Gasteiger partial charge in [-0.05, 0) is 11.3 Å². The molecule has 0 saturated heterocycles. The number of hydrogen-bond acceptors (Lipinski definition) is 5. The summed E-state index contributed by atoms with van der Waals surface area (Å²) in [5.41, 5.74) is 0.632. The highest BCUT2D eigenvalue weighted by Gasteiger charge is 2.27. The SMILES string of the molecule is COC(=O)c1nn2cc([Si](C)(C)C)ccc2c1C(=O)OC. The van der Waals surface area contributed by atoms with Gasteiger partial charge in [-0.1, -0.05) is 25.7 Å². The van der Waals surface area contributed by atoms with Crippen LogP contribution in [0.15, 0.2) is 18.3 Å². The molecule has 2 aromatic rings. The Morgan fingerprint density at radius 1 is 1.10 bits per heavy atom. The van der Waals surface area contributed by atoms with Crippen LogP contribution < -0.4 is 5.19 Å². The van der Waals surface area contributed by atoms with Gasteiger partial charge in [0, 0.05) is 6.20 Å². The monoisotopic (exact) mass is 306 g/mol. The lowest BCUT2D eigenvalue weighted by molar-refractivity contribution is 0.0553. The van der Waals surface area contributed by atoms with Gasteiger partial charge in [0.25, 0.3) is 0 Å². The molecule has 0 amide bonds. The Morgan fingerprint density at radius 2 is 1.71 bits per heavy atom. The summed E-state index contributed by atoms with van der Waals surface area (Å²) in [6, 6.07) is 3.76. The summed E-state index contributed by atoms with van der Waals surface area (Å²) >= 11 is 0. The van der Waals surface area contributed by atoms with Crippen molar-refractivity contribution in [2.75, 3.05) is 14.2 Å². The number of hydrogen-bond donors (Lipinski definition) is 0. The van der Waals surface area contributed by atoms with Crippen LogP contribution in [0, 0.1) is 0 Å². The summed E-state index contributed by atoms with van der Waals surface area (Å²) in [6.07, 6.45) is 1.86. The second-order valence-electron chi connectivity index (χ2n) is 5.70. The standard InChI is InChI=1S/C14H18N2O4Si/c1-19-13(17)11-10-7-6-9(21(3,4)5)8-16(10)15-12(11)14(18)20-2/h6-8H,1-5H3. The third-order valence-electron chi connectivity index (χ3n) is 3.26. The molecule has 0 aliphatic rings. The van der Waals surface area contributed by atoms with Gasteiger partial charge in [0.2, 0.25) is 0 Å². The van der Waals surface area contributed by atoms with Crippen molar-refractivity contribution in [3.63, 3.8) is 0 Å². The molecule has 7 heteroatoms. The molecule has 0 N–H and O–H groups in total. The first-order valence-electron chi connectivity index (χ1n) is 6.49. The Bertz CT molecular complexity index is 716. The first kappa shape index (κ1) is 15.2. The van der Waals surface area contributed by atoms with E-state index in [-0.39, 0.29) is 11.3 Å². The highest BCUT2D eigenvalue weighted by molar-refractivity contribution is 6.88. The van der Waals surface area contributed by atoms with Crippen LogP contribution in [0.4, 0.5) is 0 Å². The smallest absolute Gasteiger partial charge is 0.359 e. The van der Waals surface area contributed by atoms with E-state index in [1.54, 1.807) is 10.6 Å². The van der Waals surface area contributed by atoms with Gasteiger partial charge in [0.15, 0.2) is 5.69 Å². The summed E-state index contributed by atoms with van der Waals surface area (Å²) in [5.74, 6) is -1.26. The van der Waals surface area contributed by atoms with E-state index in [9.17, 15) is 9.59 Å². The molecule has 21 heavy (non-hydrogen) atoms. The van der Waals surface area contributed by atoms with Crippen LogP contribution in [-0.4, -0.2) is 43.8 Å². The number of fused-ring (bicyclic) bond motifs is 1. The van der Waals surface area contributed by atoms with Crippen LogP contribution in [0.2, 0.25) is 19.6 Å². The fourth-order valence-corrected chi connectivity index (χ4v) is 3.13. The molecule has 0 fully saturated rings. The third-order valence-corrected chi connectivity index (χ3v) is 5.29. The van der Waals surface area contributed by atoms with Gasteiger partial charge >= 0.3 is 11.9 Å². The molecule has 112 valence electrons. The predicted octanol–water partition coefficient (Wildman–Crippen LogP) is 1.45. The summed E-state index contributed by atoms with van der Waals surface area (Å²) in [7, 11) is 0.995. The first-order valence-corrected chi connectivity index (χ1v) is 9.99. The maximum Gasteiger partial charge on any atom is 0.359 e. The highest BCUT2D eigenvalue weighted by Crippen LogP contribution is 2.18. The lowest BCUT2D eigenvalue weighted by Gasteiger charge is -2.16. The molecular weight excluding hydrogens is 288 g/mol. The molecule has 2 heterocycles. The van der Waals surface area contributed by atoms with Crippen LogP contribution in [0.3, 0.4) is 0 Å². The number of esters is 2. The average Bonchev–Trinajstić information content (AvgIpc) is 2.83. The van der Waals surface area contributed by atoms with Crippen molar-refractivity contribution in [3.05, 3.63) is 29.6 Å². The Labute approximate surface area is 123 Å². The minimum absolute atomic E-state index is 0.0305. The van der Waals surface area contributed by atoms with Gasteiger partial charge in [-0.15, -0.1) is 0 Å². The number of nitrogens with zero attached hydrogens (tertiary/aromatic N) is 2. The zero-order valence-corrected chi connectivity index (χ0v) is 13.8. The molecule has 0 saturated carbocycles. The summed E-state index contributed by atoms with van der Waals surface area (Å²) < 4.78 is 11.0. The molecule has 2 aromatic heterocycles. The van der Waals surface area contributed by atoms with E-state index in [0.717, 1.165) is 0 Å².